The van der Waals surface area contributed by atoms with Crippen LogP contribution in [-0.2, 0) is 26.2 Å². The average Bonchev–Trinajstić information content (AvgIpc) is 2.92. The Kier molecular flexibility index (Phi) is 10.5. The lowest BCUT2D eigenvalue weighted by Crippen LogP contribution is -2.52. The number of amides is 2. The number of aryl methyl sites for hydroxylation is 2. The first-order valence-corrected chi connectivity index (χ1v) is 14.9. The van der Waals surface area contributed by atoms with E-state index in [0.717, 1.165) is 21.9 Å². The third-order valence-corrected chi connectivity index (χ3v) is 8.60. The van der Waals surface area contributed by atoms with Gasteiger partial charge in [0.2, 0.25) is 11.8 Å². The van der Waals surface area contributed by atoms with Gasteiger partial charge in [-0.25, -0.2) is 8.42 Å². The molecule has 0 aliphatic carbocycles. The molecule has 0 saturated heterocycles. The molecule has 0 aliphatic rings. The maximum absolute atomic E-state index is 14.0. The van der Waals surface area contributed by atoms with Crippen LogP contribution in [0.4, 0.5) is 5.69 Å². The van der Waals surface area contributed by atoms with E-state index in [9.17, 15) is 18.0 Å². The minimum absolute atomic E-state index is 0.0584. The summed E-state index contributed by atoms with van der Waals surface area (Å²) in [4.78, 5) is 28.6. The van der Waals surface area contributed by atoms with Crippen LogP contribution in [0.3, 0.4) is 0 Å². The molecule has 0 fully saturated rings. The molecule has 0 saturated carbocycles. The molecule has 0 aromatic heterocycles. The minimum Gasteiger partial charge on any atom is -0.354 e. The Morgan fingerprint density at radius 2 is 1.49 bits per heavy atom. The first-order valence-electron chi connectivity index (χ1n) is 13.0. The maximum Gasteiger partial charge on any atom is 0.264 e. The van der Waals surface area contributed by atoms with Crippen molar-refractivity contribution in [2.75, 3.05) is 17.4 Å². The number of hydrogen-bond donors (Lipinski definition) is 1. The summed E-state index contributed by atoms with van der Waals surface area (Å²) in [6, 6.07) is 19.8. The van der Waals surface area contributed by atoms with Crippen LogP contribution in [0.15, 0.2) is 77.7 Å². The van der Waals surface area contributed by atoms with Crippen molar-refractivity contribution in [3.05, 3.63) is 94.5 Å². The van der Waals surface area contributed by atoms with Crippen molar-refractivity contribution in [1.82, 2.24) is 10.2 Å². The molecule has 0 spiro atoms. The van der Waals surface area contributed by atoms with Gasteiger partial charge in [0.1, 0.15) is 12.6 Å². The summed E-state index contributed by atoms with van der Waals surface area (Å²) in [6.45, 7) is 7.59. The van der Waals surface area contributed by atoms with E-state index in [-0.39, 0.29) is 17.3 Å². The van der Waals surface area contributed by atoms with Gasteiger partial charge in [0, 0.05) is 18.1 Å². The van der Waals surface area contributed by atoms with Gasteiger partial charge < -0.3 is 10.2 Å². The second kappa shape index (κ2) is 13.6. The van der Waals surface area contributed by atoms with E-state index < -0.39 is 28.5 Å². The largest absolute Gasteiger partial charge is 0.354 e. The van der Waals surface area contributed by atoms with Gasteiger partial charge in [0.05, 0.1) is 10.6 Å². The summed E-state index contributed by atoms with van der Waals surface area (Å²) in [5.74, 6) is -0.798. The van der Waals surface area contributed by atoms with E-state index in [0.29, 0.717) is 29.2 Å². The number of rotatable bonds is 12. The van der Waals surface area contributed by atoms with E-state index in [1.165, 1.54) is 17.0 Å². The normalized spacial score (nSPS) is 12.0. The van der Waals surface area contributed by atoms with E-state index in [1.807, 2.05) is 33.8 Å². The van der Waals surface area contributed by atoms with Crippen molar-refractivity contribution in [1.29, 1.82) is 0 Å². The lowest BCUT2D eigenvalue weighted by atomic mass is 10.1. The summed E-state index contributed by atoms with van der Waals surface area (Å²) in [5.41, 5.74) is 2.90. The van der Waals surface area contributed by atoms with Gasteiger partial charge in [-0.05, 0) is 62.6 Å². The SMILES string of the molecule is CCCNC(=O)[C@H](CC)N(Cc1ccccc1Cl)C(=O)CN(c1ccc(C)cc1)S(=O)(=O)c1ccc(C)cc1. The van der Waals surface area contributed by atoms with Crippen LogP contribution < -0.4 is 9.62 Å². The molecular weight excluding hydrogens is 534 g/mol. The van der Waals surface area contributed by atoms with Gasteiger partial charge in [-0.2, -0.15) is 0 Å². The van der Waals surface area contributed by atoms with Crippen molar-refractivity contribution >= 4 is 39.1 Å². The van der Waals surface area contributed by atoms with Crippen molar-refractivity contribution in [3.8, 4) is 0 Å². The summed E-state index contributed by atoms with van der Waals surface area (Å²) < 4.78 is 28.8. The Hall–Kier alpha value is -3.36. The van der Waals surface area contributed by atoms with E-state index in [4.69, 9.17) is 11.6 Å². The predicted octanol–water partition coefficient (Wildman–Crippen LogP) is 5.49. The Bertz CT molecular complexity index is 1380. The number of halogens is 1. The van der Waals surface area contributed by atoms with Crippen LogP contribution in [0.25, 0.3) is 0 Å². The molecule has 0 radical (unpaired) electrons. The van der Waals surface area contributed by atoms with Gasteiger partial charge in [-0.3, -0.25) is 13.9 Å². The molecular formula is C30H36ClN3O4S. The van der Waals surface area contributed by atoms with Crippen LogP contribution in [0.1, 0.15) is 43.4 Å². The minimum atomic E-state index is -4.10. The second-order valence-corrected chi connectivity index (χ2v) is 11.8. The quantitative estimate of drug-likeness (QED) is 0.313. The summed E-state index contributed by atoms with van der Waals surface area (Å²) in [7, 11) is -4.10. The second-order valence-electron chi connectivity index (χ2n) is 9.49. The third-order valence-electron chi connectivity index (χ3n) is 6.44. The highest BCUT2D eigenvalue weighted by molar-refractivity contribution is 7.92. The smallest absolute Gasteiger partial charge is 0.264 e. The Labute approximate surface area is 236 Å². The zero-order chi connectivity index (χ0) is 28.6. The molecule has 1 N–H and O–H groups in total. The topological polar surface area (TPSA) is 86.8 Å². The van der Waals surface area contributed by atoms with Gasteiger partial charge in [0.15, 0.2) is 0 Å². The first-order chi connectivity index (χ1) is 18.6. The molecule has 208 valence electrons. The summed E-state index contributed by atoms with van der Waals surface area (Å²) >= 11 is 6.42. The maximum atomic E-state index is 14.0. The number of nitrogens with zero attached hydrogens (tertiary/aromatic N) is 2. The van der Waals surface area contributed by atoms with Gasteiger partial charge in [0.25, 0.3) is 10.0 Å². The van der Waals surface area contributed by atoms with E-state index in [2.05, 4.69) is 5.32 Å². The molecule has 2 amide bonds. The number of nitrogens with one attached hydrogen (secondary N) is 1. The molecule has 3 rings (SSSR count). The predicted molar refractivity (Wildman–Crippen MR) is 156 cm³/mol. The molecule has 3 aromatic carbocycles. The molecule has 1 atom stereocenters. The summed E-state index contributed by atoms with van der Waals surface area (Å²) in [5, 5.41) is 3.33. The van der Waals surface area contributed by atoms with Crippen LogP contribution >= 0.6 is 11.6 Å². The van der Waals surface area contributed by atoms with Crippen LogP contribution in [-0.4, -0.2) is 44.3 Å². The Morgan fingerprint density at radius 1 is 0.897 bits per heavy atom. The fraction of sp³-hybridized carbons (Fsp3) is 0.333. The highest BCUT2D eigenvalue weighted by Gasteiger charge is 2.33. The Morgan fingerprint density at radius 3 is 2.05 bits per heavy atom. The first kappa shape index (κ1) is 30.2. The van der Waals surface area contributed by atoms with E-state index in [1.54, 1.807) is 54.6 Å². The molecule has 39 heavy (non-hydrogen) atoms. The fourth-order valence-electron chi connectivity index (χ4n) is 4.17. The zero-order valence-corrected chi connectivity index (χ0v) is 24.4. The number of sulfonamides is 1. The fourth-order valence-corrected chi connectivity index (χ4v) is 5.78. The van der Waals surface area contributed by atoms with Crippen LogP contribution in [0.2, 0.25) is 5.02 Å². The molecule has 9 heteroatoms. The number of carbonyl (C=O) groups is 2. The third kappa shape index (κ3) is 7.61. The van der Waals surface area contributed by atoms with E-state index >= 15 is 0 Å². The Balaban J connectivity index is 2.05. The zero-order valence-electron chi connectivity index (χ0n) is 22.9. The van der Waals surface area contributed by atoms with Crippen molar-refractivity contribution < 1.29 is 18.0 Å². The lowest BCUT2D eigenvalue weighted by Gasteiger charge is -2.33. The van der Waals surface area contributed by atoms with Crippen molar-refractivity contribution in [2.45, 2.75) is 58.0 Å². The lowest BCUT2D eigenvalue weighted by molar-refractivity contribution is -0.140. The van der Waals surface area contributed by atoms with Crippen LogP contribution in [0, 0.1) is 13.8 Å². The van der Waals surface area contributed by atoms with Gasteiger partial charge in [-0.15, -0.1) is 0 Å². The van der Waals surface area contributed by atoms with Crippen molar-refractivity contribution in [2.24, 2.45) is 0 Å². The molecule has 0 unspecified atom stereocenters. The highest BCUT2D eigenvalue weighted by Crippen LogP contribution is 2.26. The van der Waals surface area contributed by atoms with Crippen LogP contribution in [0.5, 0.6) is 0 Å². The molecule has 0 heterocycles. The average molecular weight is 570 g/mol. The monoisotopic (exact) mass is 569 g/mol. The number of anilines is 1. The van der Waals surface area contributed by atoms with Crippen molar-refractivity contribution in [3.63, 3.8) is 0 Å². The van der Waals surface area contributed by atoms with Gasteiger partial charge in [-0.1, -0.05) is 79.0 Å². The standard InChI is InChI=1S/C30H36ClN3O4S/c1-5-19-32-30(36)28(6-2)33(20-24-9-7-8-10-27(24)31)29(35)21-34(25-15-11-22(3)12-16-25)39(37,38)26-17-13-23(4)14-18-26/h7-18,28H,5-6,19-21H2,1-4H3,(H,32,36)/t28-/m0/s1. The van der Waals surface area contributed by atoms with Gasteiger partial charge >= 0.3 is 0 Å². The molecule has 3 aromatic rings. The molecule has 0 bridgehead atoms. The summed E-state index contributed by atoms with van der Waals surface area (Å²) in [6.07, 6.45) is 1.09. The highest BCUT2D eigenvalue weighted by atomic mass is 35.5. The molecule has 0 aliphatic heterocycles. The number of benzene rings is 3. The number of hydrogen-bond acceptors (Lipinski definition) is 4. The number of carbonyl (C=O) groups excluding carboxylic acids is 2. The molecule has 7 nitrogen and oxygen atoms in total.